The molecule has 1 atom stereocenters. The number of amides is 1. The molecule has 0 aromatic heterocycles. The molecular weight excluding hydrogens is 284 g/mol. The van der Waals surface area contributed by atoms with E-state index in [1.165, 1.54) is 0 Å². The molecule has 1 amide bonds. The average molecular weight is 302 g/mol. The molecule has 0 radical (unpaired) electrons. The molecule has 0 saturated heterocycles. The number of hydrogen-bond acceptors (Lipinski definition) is 3. The third-order valence-corrected chi connectivity index (χ3v) is 4.32. The first-order valence-electron chi connectivity index (χ1n) is 6.65. The summed E-state index contributed by atoms with van der Waals surface area (Å²) in [6.45, 7) is 1.95. The van der Waals surface area contributed by atoms with Crippen molar-refractivity contribution in [2.75, 3.05) is 16.8 Å². The number of carbonyl (C=O) groups is 1. The quantitative estimate of drug-likeness (QED) is 0.834. The van der Waals surface area contributed by atoms with Gasteiger partial charge in [0.05, 0.1) is 10.8 Å². The van der Waals surface area contributed by atoms with E-state index in [0.29, 0.717) is 17.1 Å². The van der Waals surface area contributed by atoms with Crippen molar-refractivity contribution >= 4 is 28.1 Å². The number of anilines is 2. The lowest BCUT2D eigenvalue weighted by molar-refractivity contribution is -0.115. The lowest BCUT2D eigenvalue weighted by atomic mass is 10.2. The smallest absolute Gasteiger partial charge is 0.225 e. The summed E-state index contributed by atoms with van der Waals surface area (Å²) in [4.78, 5) is 12.6. The fourth-order valence-corrected chi connectivity index (χ4v) is 3.00. The minimum Gasteiger partial charge on any atom is -0.399 e. The summed E-state index contributed by atoms with van der Waals surface area (Å²) in [6.07, 6.45) is 0.213. The van der Waals surface area contributed by atoms with E-state index in [-0.39, 0.29) is 12.3 Å². The van der Waals surface area contributed by atoms with Crippen LogP contribution in [0.3, 0.4) is 0 Å². The van der Waals surface area contributed by atoms with Crippen LogP contribution in [-0.2, 0) is 15.6 Å². The van der Waals surface area contributed by atoms with Gasteiger partial charge in [-0.2, -0.15) is 0 Å². The number of aryl methyl sites for hydroxylation is 1. The molecule has 0 aliphatic heterocycles. The number of rotatable bonds is 5. The van der Waals surface area contributed by atoms with Gasteiger partial charge in [-0.15, -0.1) is 0 Å². The van der Waals surface area contributed by atoms with E-state index in [1.807, 2.05) is 31.2 Å². The normalized spacial score (nSPS) is 11.9. The standard InChI is InChI=1S/C16H18N2O2S/c1-12-3-2-4-15(11-12)21(20)10-9-16(19)18-14-7-5-13(17)6-8-14/h2-8,11H,9-10,17H2,1H3,(H,18,19). The molecule has 110 valence electrons. The Kier molecular flexibility index (Phi) is 5.11. The first-order chi connectivity index (χ1) is 10.0. The van der Waals surface area contributed by atoms with E-state index in [1.54, 1.807) is 24.3 Å². The second-order valence-electron chi connectivity index (χ2n) is 4.79. The summed E-state index contributed by atoms with van der Waals surface area (Å²) in [5, 5.41) is 2.76. The Morgan fingerprint density at radius 2 is 1.90 bits per heavy atom. The summed E-state index contributed by atoms with van der Waals surface area (Å²) in [6, 6.07) is 14.5. The molecule has 0 saturated carbocycles. The predicted molar refractivity (Wildman–Crippen MR) is 86.6 cm³/mol. The molecule has 0 fully saturated rings. The van der Waals surface area contributed by atoms with Gasteiger partial charge >= 0.3 is 0 Å². The van der Waals surface area contributed by atoms with Gasteiger partial charge in [0.1, 0.15) is 0 Å². The van der Waals surface area contributed by atoms with E-state index in [0.717, 1.165) is 10.5 Å². The highest BCUT2D eigenvalue weighted by atomic mass is 32.2. The number of nitrogens with two attached hydrogens (primary N) is 1. The van der Waals surface area contributed by atoms with Crippen LogP contribution in [0.1, 0.15) is 12.0 Å². The van der Waals surface area contributed by atoms with E-state index in [9.17, 15) is 9.00 Å². The summed E-state index contributed by atoms with van der Waals surface area (Å²) >= 11 is 0. The second kappa shape index (κ2) is 7.04. The molecule has 0 bridgehead atoms. The lowest BCUT2D eigenvalue weighted by Gasteiger charge is -2.06. The van der Waals surface area contributed by atoms with Crippen LogP contribution in [0.2, 0.25) is 0 Å². The van der Waals surface area contributed by atoms with Gasteiger partial charge in [0.25, 0.3) is 0 Å². The summed E-state index contributed by atoms with van der Waals surface area (Å²) in [5.41, 5.74) is 7.98. The number of hydrogen-bond donors (Lipinski definition) is 2. The molecule has 0 heterocycles. The van der Waals surface area contributed by atoms with Gasteiger partial charge in [-0.25, -0.2) is 0 Å². The van der Waals surface area contributed by atoms with Crippen molar-refractivity contribution in [2.45, 2.75) is 18.2 Å². The van der Waals surface area contributed by atoms with Gasteiger partial charge < -0.3 is 11.1 Å². The third kappa shape index (κ3) is 4.72. The van der Waals surface area contributed by atoms with Crippen LogP contribution in [0.5, 0.6) is 0 Å². The van der Waals surface area contributed by atoms with Crippen LogP contribution in [0.25, 0.3) is 0 Å². The predicted octanol–water partition coefficient (Wildman–Crippen LogP) is 2.71. The van der Waals surface area contributed by atoms with E-state index in [2.05, 4.69) is 5.32 Å². The van der Waals surface area contributed by atoms with Crippen LogP contribution in [0, 0.1) is 6.92 Å². The maximum absolute atomic E-state index is 12.1. The maximum atomic E-state index is 12.1. The first kappa shape index (κ1) is 15.3. The minimum absolute atomic E-state index is 0.152. The van der Waals surface area contributed by atoms with Crippen molar-refractivity contribution in [1.29, 1.82) is 0 Å². The number of nitrogens with one attached hydrogen (secondary N) is 1. The molecule has 21 heavy (non-hydrogen) atoms. The second-order valence-corrected chi connectivity index (χ2v) is 6.36. The van der Waals surface area contributed by atoms with Gasteiger partial charge in [-0.3, -0.25) is 9.00 Å². The van der Waals surface area contributed by atoms with Crippen molar-refractivity contribution in [3.63, 3.8) is 0 Å². The highest BCUT2D eigenvalue weighted by Crippen LogP contribution is 2.12. The Labute approximate surface area is 126 Å². The van der Waals surface area contributed by atoms with Crippen molar-refractivity contribution < 1.29 is 9.00 Å². The van der Waals surface area contributed by atoms with Crippen molar-refractivity contribution in [3.8, 4) is 0 Å². The Morgan fingerprint density at radius 3 is 2.57 bits per heavy atom. The molecule has 2 aromatic carbocycles. The Morgan fingerprint density at radius 1 is 1.19 bits per heavy atom. The zero-order valence-electron chi connectivity index (χ0n) is 11.8. The van der Waals surface area contributed by atoms with Crippen molar-refractivity contribution in [2.24, 2.45) is 0 Å². The van der Waals surface area contributed by atoms with Crippen LogP contribution in [-0.4, -0.2) is 15.9 Å². The fraction of sp³-hybridized carbons (Fsp3) is 0.188. The summed E-state index contributed by atoms with van der Waals surface area (Å²) in [5.74, 6) is 0.158. The molecule has 2 aromatic rings. The van der Waals surface area contributed by atoms with E-state index < -0.39 is 10.8 Å². The Balaban J connectivity index is 1.86. The molecule has 2 rings (SSSR count). The fourth-order valence-electron chi connectivity index (χ4n) is 1.85. The van der Waals surface area contributed by atoms with Gasteiger partial charge in [0.2, 0.25) is 5.91 Å². The molecule has 5 heteroatoms. The van der Waals surface area contributed by atoms with E-state index >= 15 is 0 Å². The largest absolute Gasteiger partial charge is 0.399 e. The molecule has 3 N–H and O–H groups in total. The van der Waals surface area contributed by atoms with E-state index in [4.69, 9.17) is 5.73 Å². The molecule has 0 aliphatic carbocycles. The highest BCUT2D eigenvalue weighted by molar-refractivity contribution is 7.85. The van der Waals surface area contributed by atoms with Crippen molar-refractivity contribution in [3.05, 3.63) is 54.1 Å². The zero-order chi connectivity index (χ0) is 15.2. The third-order valence-electron chi connectivity index (χ3n) is 2.96. The van der Waals surface area contributed by atoms with Gasteiger partial charge in [-0.1, -0.05) is 12.1 Å². The molecule has 0 spiro atoms. The summed E-state index contributed by atoms with van der Waals surface area (Å²) < 4.78 is 12.1. The summed E-state index contributed by atoms with van der Waals surface area (Å²) in [7, 11) is -1.16. The van der Waals surface area contributed by atoms with Crippen LogP contribution in [0.15, 0.2) is 53.4 Å². The minimum atomic E-state index is -1.16. The molecule has 1 unspecified atom stereocenters. The highest BCUT2D eigenvalue weighted by Gasteiger charge is 2.08. The monoisotopic (exact) mass is 302 g/mol. The van der Waals surface area contributed by atoms with Gasteiger partial charge in [0.15, 0.2) is 0 Å². The Hall–Kier alpha value is -2.14. The molecular formula is C16H18N2O2S. The molecule has 0 aliphatic rings. The van der Waals surface area contributed by atoms with Crippen LogP contribution in [0.4, 0.5) is 11.4 Å². The van der Waals surface area contributed by atoms with Gasteiger partial charge in [-0.05, 0) is 48.9 Å². The average Bonchev–Trinajstić information content (AvgIpc) is 2.47. The molecule has 4 nitrogen and oxygen atoms in total. The number of nitrogen functional groups attached to an aromatic ring is 1. The lowest BCUT2D eigenvalue weighted by Crippen LogP contribution is -2.14. The Bertz CT molecular complexity index is 654. The van der Waals surface area contributed by atoms with Gasteiger partial charge in [0, 0.05) is 28.4 Å². The zero-order valence-corrected chi connectivity index (χ0v) is 12.7. The number of benzene rings is 2. The van der Waals surface area contributed by atoms with Crippen LogP contribution < -0.4 is 11.1 Å². The first-order valence-corrected chi connectivity index (χ1v) is 7.97. The maximum Gasteiger partial charge on any atom is 0.225 e. The topological polar surface area (TPSA) is 72.2 Å². The van der Waals surface area contributed by atoms with Crippen molar-refractivity contribution in [1.82, 2.24) is 0 Å². The van der Waals surface area contributed by atoms with Crippen LogP contribution >= 0.6 is 0 Å². The SMILES string of the molecule is Cc1cccc(S(=O)CCC(=O)Nc2ccc(N)cc2)c1. The number of carbonyl (C=O) groups excluding carboxylic acids is 1.